The number of nitrogens with zero attached hydrogens (tertiary/aromatic N) is 1. The molecule has 0 rings (SSSR count). The first kappa shape index (κ1) is 14.8. The van der Waals surface area contributed by atoms with Crippen LogP contribution in [0.25, 0.3) is 0 Å². The van der Waals surface area contributed by atoms with Gasteiger partial charge in [0.1, 0.15) is 6.54 Å². The van der Waals surface area contributed by atoms with Gasteiger partial charge in [-0.2, -0.15) is 0 Å². The molecule has 0 saturated carbocycles. The van der Waals surface area contributed by atoms with Gasteiger partial charge < -0.3 is 25.6 Å². The monoisotopic (exact) mass is 222 g/mol. The summed E-state index contributed by atoms with van der Waals surface area (Å²) in [5.41, 5.74) is 0. The van der Waals surface area contributed by atoms with E-state index < -0.39 is 0 Å². The zero-order valence-electron chi connectivity index (χ0n) is 9.06. The van der Waals surface area contributed by atoms with Gasteiger partial charge in [-0.25, -0.2) is 0 Å². The van der Waals surface area contributed by atoms with Gasteiger partial charge in [0, 0.05) is 26.1 Å². The molecule has 0 amide bonds. The second kappa shape index (κ2) is 10.3. The fourth-order valence-electron chi connectivity index (χ4n) is 1.37. The third-order valence-corrected chi connectivity index (χ3v) is 2.15. The number of aliphatic hydroxyl groups is 3. The molecule has 1 atom stereocenters. The Morgan fingerprint density at radius 2 is 1.47 bits per heavy atom. The molecule has 1 unspecified atom stereocenters. The lowest BCUT2D eigenvalue weighted by Gasteiger charge is -2.24. The highest BCUT2D eigenvalue weighted by Crippen LogP contribution is 1.88. The van der Waals surface area contributed by atoms with Crippen LogP contribution in [0.15, 0.2) is 0 Å². The summed E-state index contributed by atoms with van der Waals surface area (Å²) in [5.74, 6) is 0. The molecule has 0 aliphatic rings. The van der Waals surface area contributed by atoms with Crippen molar-refractivity contribution in [1.29, 1.82) is 0 Å². The van der Waals surface area contributed by atoms with Crippen molar-refractivity contribution in [3.8, 4) is 0 Å². The molecule has 92 valence electrons. The maximum absolute atomic E-state index is 11.1. The Bertz CT molecular complexity index is 131. The topological polar surface area (TPSA) is 91.4 Å². The highest BCUT2D eigenvalue weighted by molar-refractivity contribution is 4.55. The standard InChI is InChI=1S/C9H22N2O4/c12-7-4-10(5-8-13)2-1-3-11(15)6-9-14/h11-14H,1-9H2. The van der Waals surface area contributed by atoms with Crippen molar-refractivity contribution in [2.45, 2.75) is 6.42 Å². The fraction of sp³-hybridized carbons (Fsp3) is 1.00. The van der Waals surface area contributed by atoms with Gasteiger partial charge in [0.15, 0.2) is 0 Å². The predicted molar refractivity (Wildman–Crippen MR) is 56.4 cm³/mol. The van der Waals surface area contributed by atoms with Crippen molar-refractivity contribution in [3.63, 3.8) is 0 Å². The summed E-state index contributed by atoms with van der Waals surface area (Å²) < 4.78 is 0. The summed E-state index contributed by atoms with van der Waals surface area (Å²) >= 11 is 0. The van der Waals surface area contributed by atoms with E-state index in [0.29, 0.717) is 32.6 Å². The smallest absolute Gasteiger partial charge is 0.100 e. The molecule has 0 spiro atoms. The van der Waals surface area contributed by atoms with Crippen LogP contribution in [0.4, 0.5) is 0 Å². The number of hydroxylamine groups is 2. The zero-order chi connectivity index (χ0) is 11.5. The molecular weight excluding hydrogens is 200 g/mol. The summed E-state index contributed by atoms with van der Waals surface area (Å²) in [5, 5.41) is 37.1. The number of nitrogens with one attached hydrogen (secondary N) is 1. The Labute approximate surface area is 90.3 Å². The molecule has 0 aliphatic heterocycles. The highest BCUT2D eigenvalue weighted by atomic mass is 16.5. The Morgan fingerprint density at radius 3 is 1.93 bits per heavy atom. The average molecular weight is 222 g/mol. The van der Waals surface area contributed by atoms with Gasteiger partial charge in [-0.1, -0.05) is 0 Å². The summed E-state index contributed by atoms with van der Waals surface area (Å²) in [6, 6.07) is 0. The van der Waals surface area contributed by atoms with E-state index in [2.05, 4.69) is 0 Å². The van der Waals surface area contributed by atoms with Crippen molar-refractivity contribution < 1.29 is 20.4 Å². The second-order valence-electron chi connectivity index (χ2n) is 3.40. The van der Waals surface area contributed by atoms with Crippen LogP contribution in [-0.2, 0) is 0 Å². The first-order valence-electron chi connectivity index (χ1n) is 5.31. The first-order chi connectivity index (χ1) is 7.24. The van der Waals surface area contributed by atoms with E-state index >= 15 is 0 Å². The minimum absolute atomic E-state index is 0.0601. The van der Waals surface area contributed by atoms with Crippen LogP contribution >= 0.6 is 0 Å². The first-order valence-corrected chi connectivity index (χ1v) is 5.31. The molecular formula is C9H22N2O4. The molecule has 0 aromatic carbocycles. The summed E-state index contributed by atoms with van der Waals surface area (Å²) in [7, 11) is 0. The molecule has 0 aliphatic carbocycles. The molecule has 6 heteroatoms. The molecule has 15 heavy (non-hydrogen) atoms. The lowest BCUT2D eigenvalue weighted by Crippen LogP contribution is -3.07. The van der Waals surface area contributed by atoms with Crippen LogP contribution in [0.5, 0.6) is 0 Å². The van der Waals surface area contributed by atoms with Crippen LogP contribution in [0, 0.1) is 5.21 Å². The molecule has 0 bridgehead atoms. The second-order valence-corrected chi connectivity index (χ2v) is 3.40. The van der Waals surface area contributed by atoms with Gasteiger partial charge in [0.2, 0.25) is 0 Å². The molecule has 0 radical (unpaired) electrons. The minimum Gasteiger partial charge on any atom is -0.634 e. The van der Waals surface area contributed by atoms with Gasteiger partial charge in [0.25, 0.3) is 0 Å². The summed E-state index contributed by atoms with van der Waals surface area (Å²) in [6.07, 6.45) is 0.707. The van der Waals surface area contributed by atoms with Gasteiger partial charge in [0.05, 0.1) is 26.4 Å². The van der Waals surface area contributed by atoms with E-state index in [1.807, 2.05) is 4.90 Å². The Balaban J connectivity index is 3.51. The van der Waals surface area contributed by atoms with Gasteiger partial charge >= 0.3 is 0 Å². The lowest BCUT2D eigenvalue weighted by molar-refractivity contribution is -0.848. The van der Waals surface area contributed by atoms with Crippen molar-refractivity contribution in [3.05, 3.63) is 5.21 Å². The molecule has 0 heterocycles. The largest absolute Gasteiger partial charge is 0.634 e. The highest BCUT2D eigenvalue weighted by Gasteiger charge is 2.04. The van der Waals surface area contributed by atoms with Gasteiger partial charge in [-0.3, -0.25) is 4.90 Å². The maximum atomic E-state index is 11.1. The fourth-order valence-corrected chi connectivity index (χ4v) is 1.37. The van der Waals surface area contributed by atoms with Crippen LogP contribution in [0.2, 0.25) is 0 Å². The summed E-state index contributed by atoms with van der Waals surface area (Å²) in [4.78, 5) is 1.91. The maximum Gasteiger partial charge on any atom is 0.100 e. The van der Waals surface area contributed by atoms with Crippen LogP contribution < -0.4 is 5.06 Å². The number of hydrogen-bond acceptors (Lipinski definition) is 5. The number of hydrogen-bond donors (Lipinski definition) is 4. The Hall–Kier alpha value is -0.240. The predicted octanol–water partition coefficient (Wildman–Crippen LogP) is -2.96. The zero-order valence-corrected chi connectivity index (χ0v) is 9.06. The van der Waals surface area contributed by atoms with Crippen LogP contribution in [-0.4, -0.2) is 72.8 Å². The van der Waals surface area contributed by atoms with Crippen LogP contribution in [0.1, 0.15) is 6.42 Å². The van der Waals surface area contributed by atoms with E-state index in [4.69, 9.17) is 15.3 Å². The Morgan fingerprint density at radius 1 is 0.867 bits per heavy atom. The molecule has 0 saturated heterocycles. The molecule has 6 nitrogen and oxygen atoms in total. The lowest BCUT2D eigenvalue weighted by atomic mass is 10.3. The van der Waals surface area contributed by atoms with E-state index in [-0.39, 0.29) is 31.4 Å². The van der Waals surface area contributed by atoms with Gasteiger partial charge in [-0.15, -0.1) is 0 Å². The van der Waals surface area contributed by atoms with Gasteiger partial charge in [-0.05, 0) is 0 Å². The normalized spacial score (nSPS) is 13.4. The third kappa shape index (κ3) is 8.73. The number of quaternary nitrogens is 1. The van der Waals surface area contributed by atoms with E-state index in [0.717, 1.165) is 0 Å². The molecule has 4 N–H and O–H groups in total. The number of rotatable bonds is 10. The Kier molecular flexibility index (Phi) is 10.1. The van der Waals surface area contributed by atoms with Crippen molar-refractivity contribution in [2.75, 3.05) is 52.5 Å². The van der Waals surface area contributed by atoms with E-state index in [1.54, 1.807) is 0 Å². The third-order valence-electron chi connectivity index (χ3n) is 2.15. The average Bonchev–Trinajstić information content (AvgIpc) is 2.19. The molecule has 0 aromatic heterocycles. The molecule has 0 fully saturated rings. The SMILES string of the molecule is [O-][NH+](CCO)CCCN(CCO)CCO. The minimum atomic E-state index is -0.0875. The van der Waals surface area contributed by atoms with Crippen LogP contribution in [0.3, 0.4) is 0 Å². The van der Waals surface area contributed by atoms with E-state index in [9.17, 15) is 5.21 Å². The number of aliphatic hydroxyl groups excluding tert-OH is 3. The van der Waals surface area contributed by atoms with Crippen molar-refractivity contribution in [1.82, 2.24) is 4.90 Å². The van der Waals surface area contributed by atoms with Crippen molar-refractivity contribution >= 4 is 0 Å². The van der Waals surface area contributed by atoms with Crippen molar-refractivity contribution in [2.24, 2.45) is 0 Å². The van der Waals surface area contributed by atoms with E-state index in [1.165, 1.54) is 0 Å². The molecule has 0 aromatic rings. The quantitative estimate of drug-likeness (QED) is 0.296. The summed E-state index contributed by atoms with van der Waals surface area (Å²) in [6.45, 7) is 2.45.